The van der Waals surface area contributed by atoms with E-state index < -0.39 is 11.1 Å². The van der Waals surface area contributed by atoms with Gasteiger partial charge in [-0.3, -0.25) is 4.79 Å². The molecule has 2 N–H and O–H groups in total. The SMILES string of the molecule is Cc1ccc(NC(=O)c2cccc(CS(=O)O)c2)cc1-c1ccnc(N2CCOCC2)c1. The fraction of sp³-hybridized carbons (Fsp3) is 0.250. The normalized spacial score (nSPS) is 14.8. The van der Waals surface area contributed by atoms with Gasteiger partial charge in [0.1, 0.15) is 5.82 Å². The molecular formula is C24H25N3O4S. The van der Waals surface area contributed by atoms with Gasteiger partial charge < -0.3 is 19.5 Å². The molecule has 0 aliphatic carbocycles. The van der Waals surface area contributed by atoms with Crippen LogP contribution >= 0.6 is 0 Å². The lowest BCUT2D eigenvalue weighted by Crippen LogP contribution is -2.36. The minimum Gasteiger partial charge on any atom is -0.378 e. The molecule has 0 radical (unpaired) electrons. The van der Waals surface area contributed by atoms with Crippen molar-refractivity contribution in [2.45, 2.75) is 12.7 Å². The number of nitrogens with zero attached hydrogens (tertiary/aromatic N) is 2. The van der Waals surface area contributed by atoms with Gasteiger partial charge >= 0.3 is 0 Å². The Morgan fingerprint density at radius 2 is 1.97 bits per heavy atom. The molecule has 8 heteroatoms. The largest absolute Gasteiger partial charge is 0.378 e. The summed E-state index contributed by atoms with van der Waals surface area (Å²) in [6, 6.07) is 16.6. The van der Waals surface area contributed by atoms with Crippen molar-refractivity contribution in [3.05, 3.63) is 77.5 Å². The number of morpholine rings is 1. The fourth-order valence-electron chi connectivity index (χ4n) is 3.71. The number of benzene rings is 2. The number of nitrogens with one attached hydrogen (secondary N) is 1. The van der Waals surface area contributed by atoms with Gasteiger partial charge in [0.25, 0.3) is 5.91 Å². The zero-order valence-electron chi connectivity index (χ0n) is 17.8. The lowest BCUT2D eigenvalue weighted by molar-refractivity contribution is 0.102. The summed E-state index contributed by atoms with van der Waals surface area (Å²) in [5.41, 5.74) is 4.89. The maximum Gasteiger partial charge on any atom is 0.255 e. The topological polar surface area (TPSA) is 91.8 Å². The van der Waals surface area contributed by atoms with Gasteiger partial charge in [-0.25, -0.2) is 9.19 Å². The van der Waals surface area contributed by atoms with E-state index in [2.05, 4.69) is 21.3 Å². The van der Waals surface area contributed by atoms with E-state index in [1.807, 2.05) is 31.2 Å². The highest BCUT2D eigenvalue weighted by atomic mass is 32.2. The molecule has 1 atom stereocenters. The molecule has 1 fully saturated rings. The van der Waals surface area contributed by atoms with Crippen LogP contribution in [0.4, 0.5) is 11.5 Å². The summed E-state index contributed by atoms with van der Waals surface area (Å²) in [5.74, 6) is 0.635. The van der Waals surface area contributed by atoms with Gasteiger partial charge in [0, 0.05) is 30.5 Å². The van der Waals surface area contributed by atoms with Crippen LogP contribution in [0.3, 0.4) is 0 Å². The van der Waals surface area contributed by atoms with Crippen molar-refractivity contribution in [3.8, 4) is 11.1 Å². The molecule has 1 unspecified atom stereocenters. The second-order valence-electron chi connectivity index (χ2n) is 7.65. The number of pyridine rings is 1. The number of hydrogen-bond acceptors (Lipinski definition) is 5. The van der Waals surface area contributed by atoms with E-state index in [1.165, 1.54) is 0 Å². The number of amides is 1. The van der Waals surface area contributed by atoms with E-state index in [9.17, 15) is 9.00 Å². The lowest BCUT2D eigenvalue weighted by atomic mass is 10.0. The first-order chi connectivity index (χ1) is 15.5. The third kappa shape index (κ3) is 5.40. The Kier molecular flexibility index (Phi) is 6.94. The first-order valence-electron chi connectivity index (χ1n) is 10.4. The van der Waals surface area contributed by atoms with Gasteiger partial charge in [-0.05, 0) is 65.6 Å². The van der Waals surface area contributed by atoms with Crippen LogP contribution in [0, 0.1) is 6.92 Å². The van der Waals surface area contributed by atoms with Gasteiger partial charge in [0.2, 0.25) is 0 Å². The van der Waals surface area contributed by atoms with E-state index in [0.29, 0.717) is 30.0 Å². The molecule has 3 aromatic rings. The summed E-state index contributed by atoms with van der Waals surface area (Å²) in [7, 11) is 0. The Balaban J connectivity index is 1.56. The van der Waals surface area contributed by atoms with E-state index in [1.54, 1.807) is 30.5 Å². The number of aromatic nitrogens is 1. The fourth-order valence-corrected chi connectivity index (χ4v) is 4.17. The molecule has 1 aliphatic heterocycles. The predicted molar refractivity (Wildman–Crippen MR) is 126 cm³/mol. The summed E-state index contributed by atoms with van der Waals surface area (Å²) in [4.78, 5) is 19.5. The van der Waals surface area contributed by atoms with Crippen LogP contribution < -0.4 is 10.2 Å². The molecule has 1 saturated heterocycles. The summed E-state index contributed by atoms with van der Waals surface area (Å²) >= 11 is -1.95. The smallest absolute Gasteiger partial charge is 0.255 e. The van der Waals surface area contributed by atoms with Crippen LogP contribution in [-0.4, -0.2) is 46.0 Å². The first kappa shape index (κ1) is 22.1. The molecule has 0 bridgehead atoms. The summed E-state index contributed by atoms with van der Waals surface area (Å²) in [6.07, 6.45) is 1.81. The van der Waals surface area contributed by atoms with Gasteiger partial charge in [-0.15, -0.1) is 0 Å². The van der Waals surface area contributed by atoms with E-state index in [0.717, 1.165) is 35.6 Å². The average Bonchev–Trinajstić information content (AvgIpc) is 2.81. The standard InChI is InChI=1S/C24H25N3O4S/c1-17-5-6-21(26-24(28)20-4-2-3-18(13-20)16-32(29)30)15-22(17)19-7-8-25-23(14-19)27-9-11-31-12-10-27/h2-8,13-15H,9-12,16H2,1H3,(H,26,28)(H,29,30). The average molecular weight is 452 g/mol. The second kappa shape index (κ2) is 10.0. The second-order valence-corrected chi connectivity index (χ2v) is 8.58. The molecule has 1 amide bonds. The molecule has 1 aromatic heterocycles. The molecule has 4 rings (SSSR count). The van der Waals surface area contributed by atoms with Crippen LogP contribution in [0.25, 0.3) is 11.1 Å². The lowest BCUT2D eigenvalue weighted by Gasteiger charge is -2.28. The third-order valence-electron chi connectivity index (χ3n) is 5.37. The van der Waals surface area contributed by atoms with Crippen LogP contribution in [0.2, 0.25) is 0 Å². The summed E-state index contributed by atoms with van der Waals surface area (Å²) in [5, 5.41) is 2.93. The summed E-state index contributed by atoms with van der Waals surface area (Å²) < 4.78 is 25.6. The Morgan fingerprint density at radius 3 is 2.75 bits per heavy atom. The highest BCUT2D eigenvalue weighted by molar-refractivity contribution is 7.78. The molecule has 1 aliphatic rings. The minimum atomic E-state index is -1.95. The maximum absolute atomic E-state index is 12.8. The number of rotatable bonds is 6. The van der Waals surface area contributed by atoms with Crippen molar-refractivity contribution in [1.29, 1.82) is 0 Å². The van der Waals surface area contributed by atoms with Gasteiger partial charge in [0.15, 0.2) is 11.1 Å². The van der Waals surface area contributed by atoms with Crippen LogP contribution in [0.5, 0.6) is 0 Å². The molecule has 7 nitrogen and oxygen atoms in total. The van der Waals surface area contributed by atoms with Gasteiger partial charge in [-0.2, -0.15) is 0 Å². The van der Waals surface area contributed by atoms with Crippen molar-refractivity contribution in [2.24, 2.45) is 0 Å². The zero-order valence-corrected chi connectivity index (χ0v) is 18.6. The van der Waals surface area contributed by atoms with Crippen LogP contribution in [-0.2, 0) is 21.6 Å². The Morgan fingerprint density at radius 1 is 1.16 bits per heavy atom. The van der Waals surface area contributed by atoms with Crippen molar-refractivity contribution in [3.63, 3.8) is 0 Å². The van der Waals surface area contributed by atoms with E-state index in [4.69, 9.17) is 9.29 Å². The van der Waals surface area contributed by atoms with Crippen molar-refractivity contribution < 1.29 is 18.3 Å². The Labute approximate surface area is 189 Å². The number of aryl methyl sites for hydroxylation is 1. The quantitative estimate of drug-likeness (QED) is 0.553. The highest BCUT2D eigenvalue weighted by Gasteiger charge is 2.14. The van der Waals surface area contributed by atoms with E-state index >= 15 is 0 Å². The number of ether oxygens (including phenoxy) is 1. The van der Waals surface area contributed by atoms with Gasteiger partial charge in [0.05, 0.1) is 19.0 Å². The Bertz CT molecular complexity index is 1150. The number of anilines is 2. The van der Waals surface area contributed by atoms with Crippen LogP contribution in [0.1, 0.15) is 21.5 Å². The van der Waals surface area contributed by atoms with E-state index in [-0.39, 0.29) is 11.7 Å². The number of carbonyl (C=O) groups excluding carboxylic acids is 1. The maximum atomic E-state index is 12.8. The van der Waals surface area contributed by atoms with Crippen molar-refractivity contribution in [2.75, 3.05) is 36.5 Å². The monoisotopic (exact) mass is 451 g/mol. The Hall–Kier alpha value is -3.07. The first-order valence-corrected chi connectivity index (χ1v) is 11.6. The molecule has 166 valence electrons. The minimum absolute atomic E-state index is 0.0106. The molecular weight excluding hydrogens is 426 g/mol. The van der Waals surface area contributed by atoms with Crippen molar-refractivity contribution in [1.82, 2.24) is 4.98 Å². The molecule has 0 saturated carbocycles. The number of hydrogen-bond donors (Lipinski definition) is 2. The summed E-state index contributed by atoms with van der Waals surface area (Å²) in [6.45, 7) is 5.06. The van der Waals surface area contributed by atoms with Crippen LogP contribution in [0.15, 0.2) is 60.8 Å². The molecule has 2 heterocycles. The van der Waals surface area contributed by atoms with Crippen molar-refractivity contribution >= 4 is 28.5 Å². The molecule has 32 heavy (non-hydrogen) atoms. The number of carbonyl (C=O) groups is 1. The molecule has 0 spiro atoms. The molecule has 2 aromatic carbocycles. The highest BCUT2D eigenvalue weighted by Crippen LogP contribution is 2.29. The third-order valence-corrected chi connectivity index (χ3v) is 5.95. The predicted octanol–water partition coefficient (Wildman–Crippen LogP) is 3.87. The van der Waals surface area contributed by atoms with Gasteiger partial charge in [-0.1, -0.05) is 18.2 Å². The zero-order chi connectivity index (χ0) is 22.5.